The first-order valence-corrected chi connectivity index (χ1v) is 7.82. The van der Waals surface area contributed by atoms with Crippen molar-refractivity contribution in [1.29, 1.82) is 0 Å². The van der Waals surface area contributed by atoms with Crippen LogP contribution in [0, 0.1) is 6.92 Å². The third-order valence-corrected chi connectivity index (χ3v) is 4.62. The molecule has 2 saturated heterocycles. The number of pyridine rings is 1. The molecule has 2 N–H and O–H groups in total. The second-order valence-corrected chi connectivity index (χ2v) is 6.29. The molecule has 0 radical (unpaired) electrons. The lowest BCUT2D eigenvalue weighted by molar-refractivity contribution is 0.133. The molecule has 0 bridgehead atoms. The highest BCUT2D eigenvalue weighted by atomic mass is 32.1. The van der Waals surface area contributed by atoms with Crippen LogP contribution in [0.3, 0.4) is 0 Å². The number of rotatable bonds is 2. The lowest BCUT2D eigenvalue weighted by atomic mass is 9.99. The smallest absolute Gasteiger partial charge is 0.129 e. The molecular formula is C15H22N4S. The van der Waals surface area contributed by atoms with Gasteiger partial charge < -0.3 is 10.6 Å². The van der Waals surface area contributed by atoms with Gasteiger partial charge in [-0.2, -0.15) is 0 Å². The Labute approximate surface area is 126 Å². The number of aromatic nitrogens is 1. The molecule has 0 saturated carbocycles. The van der Waals surface area contributed by atoms with Crippen LogP contribution in [0.1, 0.15) is 30.5 Å². The summed E-state index contributed by atoms with van der Waals surface area (Å²) in [4.78, 5) is 10.1. The van der Waals surface area contributed by atoms with E-state index in [4.69, 9.17) is 18.0 Å². The molecular weight excluding hydrogens is 268 g/mol. The first-order valence-electron chi connectivity index (χ1n) is 7.41. The zero-order valence-electron chi connectivity index (χ0n) is 12.0. The molecule has 3 heterocycles. The summed E-state index contributed by atoms with van der Waals surface area (Å²) in [5.41, 5.74) is 7.67. The van der Waals surface area contributed by atoms with E-state index in [1.54, 1.807) is 0 Å². The van der Waals surface area contributed by atoms with E-state index < -0.39 is 0 Å². The molecule has 0 spiro atoms. The van der Waals surface area contributed by atoms with Gasteiger partial charge in [-0.15, -0.1) is 0 Å². The van der Waals surface area contributed by atoms with E-state index in [2.05, 4.69) is 14.8 Å². The molecule has 0 aliphatic carbocycles. The first kappa shape index (κ1) is 13.8. The highest BCUT2D eigenvalue weighted by Gasteiger charge is 2.29. The minimum atomic E-state index is 0.452. The fourth-order valence-corrected chi connectivity index (χ4v) is 3.44. The van der Waals surface area contributed by atoms with Gasteiger partial charge in [0.05, 0.1) is 0 Å². The monoisotopic (exact) mass is 290 g/mol. The minimum Gasteiger partial charge on any atom is -0.389 e. The van der Waals surface area contributed by atoms with E-state index in [-0.39, 0.29) is 0 Å². The Morgan fingerprint density at radius 2 is 2.15 bits per heavy atom. The Bertz CT molecular complexity index is 517. The van der Waals surface area contributed by atoms with Crippen LogP contribution in [-0.2, 0) is 0 Å². The summed E-state index contributed by atoms with van der Waals surface area (Å²) in [6, 6.07) is 4.68. The number of fused-ring (bicyclic) bond motifs is 1. The van der Waals surface area contributed by atoms with Gasteiger partial charge in [0.1, 0.15) is 10.8 Å². The van der Waals surface area contributed by atoms with Crippen LogP contribution in [0.5, 0.6) is 0 Å². The summed E-state index contributed by atoms with van der Waals surface area (Å²) >= 11 is 5.10. The lowest BCUT2D eigenvalue weighted by Crippen LogP contribution is -2.55. The van der Waals surface area contributed by atoms with Gasteiger partial charge in [0.25, 0.3) is 0 Å². The summed E-state index contributed by atoms with van der Waals surface area (Å²) in [6.45, 7) is 6.53. The maximum absolute atomic E-state index is 5.76. The molecule has 2 fully saturated rings. The number of piperidine rings is 1. The molecule has 3 rings (SSSR count). The molecule has 5 heteroatoms. The average molecular weight is 290 g/mol. The van der Waals surface area contributed by atoms with Crippen LogP contribution in [0.25, 0.3) is 0 Å². The van der Waals surface area contributed by atoms with Crippen LogP contribution in [0.2, 0.25) is 0 Å². The van der Waals surface area contributed by atoms with Crippen molar-refractivity contribution >= 4 is 23.0 Å². The van der Waals surface area contributed by atoms with Crippen molar-refractivity contribution in [2.24, 2.45) is 5.73 Å². The molecule has 0 amide bonds. The maximum Gasteiger partial charge on any atom is 0.129 e. The second-order valence-electron chi connectivity index (χ2n) is 5.85. The van der Waals surface area contributed by atoms with Crippen LogP contribution >= 0.6 is 12.2 Å². The topological polar surface area (TPSA) is 45.4 Å². The van der Waals surface area contributed by atoms with Gasteiger partial charge in [-0.05, 0) is 38.4 Å². The first-order chi connectivity index (χ1) is 9.63. The molecule has 2 aliphatic heterocycles. The van der Waals surface area contributed by atoms with Crippen molar-refractivity contribution in [3.8, 4) is 0 Å². The van der Waals surface area contributed by atoms with Gasteiger partial charge in [-0.1, -0.05) is 18.6 Å². The second kappa shape index (κ2) is 5.66. The van der Waals surface area contributed by atoms with Crippen molar-refractivity contribution in [2.75, 3.05) is 31.1 Å². The Balaban J connectivity index is 1.80. The van der Waals surface area contributed by atoms with Crippen LogP contribution in [0.4, 0.5) is 5.82 Å². The summed E-state index contributed by atoms with van der Waals surface area (Å²) in [5, 5.41) is 0. The minimum absolute atomic E-state index is 0.452. The third kappa shape index (κ3) is 2.79. The van der Waals surface area contributed by atoms with Gasteiger partial charge in [-0.25, -0.2) is 4.98 Å². The molecule has 20 heavy (non-hydrogen) atoms. The molecule has 1 aromatic rings. The van der Waals surface area contributed by atoms with Crippen molar-refractivity contribution < 1.29 is 0 Å². The summed E-state index contributed by atoms with van der Waals surface area (Å²) in [5.74, 6) is 1.03. The Hall–Kier alpha value is -1.20. The fourth-order valence-electron chi connectivity index (χ4n) is 3.32. The van der Waals surface area contributed by atoms with E-state index in [0.29, 0.717) is 11.0 Å². The largest absolute Gasteiger partial charge is 0.389 e. The van der Waals surface area contributed by atoms with Crippen molar-refractivity contribution in [2.45, 2.75) is 32.2 Å². The SMILES string of the molecule is Cc1cc(C(N)=S)cc(N2CCN3CCCCC3C2)n1. The van der Waals surface area contributed by atoms with Crippen molar-refractivity contribution in [1.82, 2.24) is 9.88 Å². The lowest BCUT2D eigenvalue weighted by Gasteiger charge is -2.44. The highest BCUT2D eigenvalue weighted by Crippen LogP contribution is 2.24. The van der Waals surface area contributed by atoms with E-state index in [1.807, 2.05) is 19.1 Å². The van der Waals surface area contributed by atoms with E-state index in [1.165, 1.54) is 25.8 Å². The summed E-state index contributed by atoms with van der Waals surface area (Å²) in [7, 11) is 0. The number of aryl methyl sites for hydroxylation is 1. The normalized spacial score (nSPS) is 23.4. The molecule has 2 aliphatic rings. The Morgan fingerprint density at radius 1 is 1.30 bits per heavy atom. The highest BCUT2D eigenvalue weighted by molar-refractivity contribution is 7.80. The number of anilines is 1. The Morgan fingerprint density at radius 3 is 2.95 bits per heavy atom. The van der Waals surface area contributed by atoms with Gasteiger partial charge in [0.15, 0.2) is 0 Å². The molecule has 108 valence electrons. The Kier molecular flexibility index (Phi) is 3.89. The maximum atomic E-state index is 5.76. The van der Waals surface area contributed by atoms with Gasteiger partial charge in [0, 0.05) is 36.9 Å². The predicted molar refractivity (Wildman–Crippen MR) is 86.3 cm³/mol. The summed E-state index contributed by atoms with van der Waals surface area (Å²) in [6.07, 6.45) is 4.02. The molecule has 4 nitrogen and oxygen atoms in total. The predicted octanol–water partition coefficient (Wildman–Crippen LogP) is 1.70. The number of nitrogens with zero attached hydrogens (tertiary/aromatic N) is 3. The van der Waals surface area contributed by atoms with Gasteiger partial charge in [-0.3, -0.25) is 4.90 Å². The number of piperazine rings is 1. The number of nitrogens with two attached hydrogens (primary N) is 1. The molecule has 0 aromatic carbocycles. The molecule has 1 atom stereocenters. The quantitative estimate of drug-likeness (QED) is 0.840. The van der Waals surface area contributed by atoms with Crippen LogP contribution < -0.4 is 10.6 Å². The third-order valence-electron chi connectivity index (χ3n) is 4.39. The van der Waals surface area contributed by atoms with E-state index in [9.17, 15) is 0 Å². The fraction of sp³-hybridized carbons (Fsp3) is 0.600. The van der Waals surface area contributed by atoms with Crippen molar-refractivity contribution in [3.63, 3.8) is 0 Å². The zero-order valence-corrected chi connectivity index (χ0v) is 12.8. The van der Waals surface area contributed by atoms with E-state index in [0.717, 1.165) is 36.7 Å². The number of thiocarbonyl (C=S) groups is 1. The van der Waals surface area contributed by atoms with E-state index >= 15 is 0 Å². The number of hydrogen-bond donors (Lipinski definition) is 1. The standard InChI is InChI=1S/C15H22N4S/c1-11-8-12(15(16)20)9-14(17-11)19-7-6-18-5-3-2-4-13(18)10-19/h8-9,13H,2-7,10H2,1H3,(H2,16,20). The zero-order chi connectivity index (χ0) is 14.1. The van der Waals surface area contributed by atoms with Gasteiger partial charge in [0.2, 0.25) is 0 Å². The van der Waals surface area contributed by atoms with Crippen LogP contribution in [-0.4, -0.2) is 47.1 Å². The van der Waals surface area contributed by atoms with Crippen molar-refractivity contribution in [3.05, 3.63) is 23.4 Å². The molecule has 1 aromatic heterocycles. The average Bonchev–Trinajstić information content (AvgIpc) is 2.46. The number of hydrogen-bond acceptors (Lipinski definition) is 4. The molecule has 1 unspecified atom stereocenters. The van der Waals surface area contributed by atoms with Gasteiger partial charge >= 0.3 is 0 Å². The summed E-state index contributed by atoms with van der Waals surface area (Å²) < 4.78 is 0. The van der Waals surface area contributed by atoms with Crippen LogP contribution in [0.15, 0.2) is 12.1 Å².